The molecule has 96 valence electrons. The first-order valence-corrected chi connectivity index (χ1v) is 7.10. The van der Waals surface area contributed by atoms with Crippen LogP contribution >= 0.6 is 0 Å². The van der Waals surface area contributed by atoms with Crippen LogP contribution in [0.1, 0.15) is 42.1 Å². The fraction of sp³-hybridized carbons (Fsp3) is 0.583. The molecule has 4 nitrogen and oxygen atoms in total. The molecule has 2 atom stereocenters. The molecule has 0 bridgehead atoms. The summed E-state index contributed by atoms with van der Waals surface area (Å²) in [6, 6.07) is 1.65. The molecule has 0 fully saturated rings. The minimum absolute atomic E-state index is 0.0551. The van der Waals surface area contributed by atoms with Crippen LogP contribution in [0.15, 0.2) is 10.5 Å². The van der Waals surface area contributed by atoms with Gasteiger partial charge in [0, 0.05) is 22.1 Å². The van der Waals surface area contributed by atoms with Gasteiger partial charge in [-0.25, -0.2) is 4.79 Å². The molecule has 1 N–H and O–H groups in total. The van der Waals surface area contributed by atoms with Gasteiger partial charge in [0.25, 0.3) is 0 Å². The Morgan fingerprint density at radius 1 is 1.59 bits per heavy atom. The van der Waals surface area contributed by atoms with Gasteiger partial charge in [-0.1, -0.05) is 20.3 Å². The second-order valence-corrected chi connectivity index (χ2v) is 5.80. The predicted octanol–water partition coefficient (Wildman–Crippen LogP) is 2.58. The van der Waals surface area contributed by atoms with Crippen molar-refractivity contribution in [1.82, 2.24) is 0 Å². The molecule has 2 unspecified atom stereocenters. The van der Waals surface area contributed by atoms with Crippen molar-refractivity contribution in [1.29, 1.82) is 0 Å². The third kappa shape index (κ3) is 4.00. The highest BCUT2D eigenvalue weighted by Gasteiger charge is 2.16. The Morgan fingerprint density at radius 2 is 2.24 bits per heavy atom. The van der Waals surface area contributed by atoms with E-state index >= 15 is 0 Å². The van der Waals surface area contributed by atoms with Gasteiger partial charge in [-0.15, -0.1) is 0 Å². The summed E-state index contributed by atoms with van der Waals surface area (Å²) in [5.74, 6) is 0.672. The van der Waals surface area contributed by atoms with Crippen molar-refractivity contribution < 1.29 is 18.5 Å². The first kappa shape index (κ1) is 14.0. The fourth-order valence-electron chi connectivity index (χ4n) is 1.48. The molecule has 0 saturated carbocycles. The smallest absolute Gasteiger partial charge is 0.372 e. The summed E-state index contributed by atoms with van der Waals surface area (Å²) in [4.78, 5) is 10.8. The van der Waals surface area contributed by atoms with Crippen molar-refractivity contribution in [3.05, 3.63) is 23.2 Å². The number of carboxylic acids is 1. The summed E-state index contributed by atoms with van der Waals surface area (Å²) < 4.78 is 16.9. The van der Waals surface area contributed by atoms with Crippen molar-refractivity contribution in [2.45, 2.75) is 32.9 Å². The van der Waals surface area contributed by atoms with Crippen molar-refractivity contribution in [3.8, 4) is 0 Å². The monoisotopic (exact) mass is 258 g/mol. The maximum atomic E-state index is 11.8. The molecule has 0 aliphatic rings. The number of furan rings is 1. The average molecular weight is 258 g/mol. The van der Waals surface area contributed by atoms with Gasteiger partial charge >= 0.3 is 5.97 Å². The van der Waals surface area contributed by atoms with E-state index in [0.29, 0.717) is 28.7 Å². The maximum absolute atomic E-state index is 11.8. The number of carbonyl (C=O) groups is 1. The lowest BCUT2D eigenvalue weighted by Crippen LogP contribution is -2.08. The second kappa shape index (κ2) is 6.00. The number of aromatic carboxylic acids is 1. The van der Waals surface area contributed by atoms with Crippen LogP contribution in [0.3, 0.4) is 0 Å². The SMILES string of the molecule is CCC(C)CS(=O)Cc1cc(C)c(C(=O)O)o1. The lowest BCUT2D eigenvalue weighted by atomic mass is 10.2. The van der Waals surface area contributed by atoms with E-state index in [2.05, 4.69) is 6.92 Å². The maximum Gasteiger partial charge on any atom is 0.372 e. The van der Waals surface area contributed by atoms with Crippen molar-refractivity contribution in [2.75, 3.05) is 5.75 Å². The van der Waals surface area contributed by atoms with Gasteiger partial charge in [0.15, 0.2) is 0 Å². The zero-order chi connectivity index (χ0) is 13.0. The third-order valence-electron chi connectivity index (χ3n) is 2.63. The number of aryl methyl sites for hydroxylation is 1. The number of rotatable bonds is 6. The molecule has 0 saturated heterocycles. The molecule has 0 amide bonds. The van der Waals surface area contributed by atoms with Crippen LogP contribution in [0, 0.1) is 12.8 Å². The van der Waals surface area contributed by atoms with E-state index < -0.39 is 16.8 Å². The summed E-state index contributed by atoms with van der Waals surface area (Å²) >= 11 is 0. The Kier molecular flexibility index (Phi) is 4.93. The van der Waals surface area contributed by atoms with Gasteiger partial charge < -0.3 is 9.52 Å². The first-order valence-electron chi connectivity index (χ1n) is 5.61. The largest absolute Gasteiger partial charge is 0.475 e. The second-order valence-electron chi connectivity index (χ2n) is 4.29. The predicted molar refractivity (Wildman–Crippen MR) is 66.6 cm³/mol. The van der Waals surface area contributed by atoms with E-state index in [1.165, 1.54) is 0 Å². The highest BCUT2D eigenvalue weighted by molar-refractivity contribution is 7.84. The topological polar surface area (TPSA) is 67.5 Å². The summed E-state index contributed by atoms with van der Waals surface area (Å²) in [6.07, 6.45) is 0.989. The van der Waals surface area contributed by atoms with Crippen LogP contribution in [0.5, 0.6) is 0 Å². The number of hydrogen-bond acceptors (Lipinski definition) is 3. The summed E-state index contributed by atoms with van der Waals surface area (Å²) in [7, 11) is -0.996. The van der Waals surface area contributed by atoms with Crippen molar-refractivity contribution in [3.63, 3.8) is 0 Å². The molecule has 1 aromatic rings. The minimum atomic E-state index is -1.08. The van der Waals surface area contributed by atoms with Gasteiger partial charge in [-0.05, 0) is 18.9 Å². The summed E-state index contributed by atoms with van der Waals surface area (Å²) in [5.41, 5.74) is 0.577. The Balaban J connectivity index is 2.66. The molecule has 0 aliphatic heterocycles. The fourth-order valence-corrected chi connectivity index (χ4v) is 2.93. The van der Waals surface area contributed by atoms with Gasteiger partial charge in [0.2, 0.25) is 5.76 Å². The first-order chi connectivity index (χ1) is 7.93. The van der Waals surface area contributed by atoms with Gasteiger partial charge in [0.1, 0.15) is 5.76 Å². The number of carboxylic acid groups (broad SMARTS) is 1. The van der Waals surface area contributed by atoms with E-state index in [9.17, 15) is 9.00 Å². The molecule has 1 rings (SSSR count). The molecular weight excluding hydrogens is 240 g/mol. The zero-order valence-electron chi connectivity index (χ0n) is 10.4. The molecule has 5 heteroatoms. The van der Waals surface area contributed by atoms with E-state index in [1.54, 1.807) is 13.0 Å². The van der Waals surface area contributed by atoms with Crippen LogP contribution in [-0.2, 0) is 16.6 Å². The van der Waals surface area contributed by atoms with E-state index in [4.69, 9.17) is 9.52 Å². The quantitative estimate of drug-likeness (QED) is 0.851. The Morgan fingerprint density at radius 3 is 2.71 bits per heavy atom. The molecule has 17 heavy (non-hydrogen) atoms. The molecule has 0 aromatic carbocycles. The van der Waals surface area contributed by atoms with Gasteiger partial charge in [0.05, 0.1) is 5.75 Å². The standard InChI is InChI=1S/C12H18O4S/c1-4-8(2)6-17(15)7-10-5-9(3)11(16-10)12(13)14/h5,8H,4,6-7H2,1-3H3,(H,13,14). The normalized spacial score (nSPS) is 14.5. The van der Waals surface area contributed by atoms with Crippen LogP contribution < -0.4 is 0 Å². The lowest BCUT2D eigenvalue weighted by molar-refractivity contribution is 0.0659. The molecular formula is C12H18O4S. The van der Waals surface area contributed by atoms with Crippen LogP contribution in [0.4, 0.5) is 0 Å². The molecule has 1 aromatic heterocycles. The molecule has 0 spiro atoms. The highest BCUT2D eigenvalue weighted by atomic mass is 32.2. The van der Waals surface area contributed by atoms with Crippen molar-refractivity contribution >= 4 is 16.8 Å². The Labute approximate surface area is 103 Å². The van der Waals surface area contributed by atoms with E-state index in [-0.39, 0.29) is 5.76 Å². The van der Waals surface area contributed by atoms with Crippen molar-refractivity contribution in [2.24, 2.45) is 5.92 Å². The molecule has 0 aliphatic carbocycles. The molecule has 1 heterocycles. The van der Waals surface area contributed by atoms with Gasteiger partial charge in [-0.3, -0.25) is 4.21 Å². The van der Waals surface area contributed by atoms with Crippen LogP contribution in [0.2, 0.25) is 0 Å². The van der Waals surface area contributed by atoms with E-state index in [0.717, 1.165) is 6.42 Å². The Hall–Kier alpha value is -1.10. The minimum Gasteiger partial charge on any atom is -0.475 e. The average Bonchev–Trinajstić information content (AvgIpc) is 2.59. The van der Waals surface area contributed by atoms with Gasteiger partial charge in [-0.2, -0.15) is 0 Å². The Bertz CT molecular complexity index is 422. The van der Waals surface area contributed by atoms with Crippen LogP contribution in [0.25, 0.3) is 0 Å². The summed E-state index contributed by atoms with van der Waals surface area (Å²) in [5, 5.41) is 8.83. The third-order valence-corrected chi connectivity index (χ3v) is 4.18. The molecule has 0 radical (unpaired) electrons. The highest BCUT2D eigenvalue weighted by Crippen LogP contribution is 2.17. The zero-order valence-corrected chi connectivity index (χ0v) is 11.2. The number of hydrogen-bond donors (Lipinski definition) is 1. The lowest BCUT2D eigenvalue weighted by Gasteiger charge is -2.06. The summed E-state index contributed by atoms with van der Waals surface area (Å²) in [6.45, 7) is 5.78. The van der Waals surface area contributed by atoms with E-state index in [1.807, 2.05) is 6.92 Å². The van der Waals surface area contributed by atoms with Crippen LogP contribution in [-0.4, -0.2) is 21.0 Å².